The van der Waals surface area contributed by atoms with Crippen LogP contribution in [0, 0.1) is 0 Å². The van der Waals surface area contributed by atoms with Crippen molar-refractivity contribution in [2.45, 2.75) is 12.3 Å². The largest absolute Gasteiger partial charge is 0.415 e. The SMILES string of the molecule is CN(C)S(=O)(=O)C[C@H](O)C(F)(F)F. The smallest absolute Gasteiger partial charge is 0.383 e. The first-order valence-corrected chi connectivity index (χ1v) is 4.83. The number of rotatable bonds is 3. The number of halogens is 3. The zero-order valence-corrected chi connectivity index (χ0v) is 7.85. The number of aliphatic hydroxyl groups is 1. The summed E-state index contributed by atoms with van der Waals surface area (Å²) >= 11 is 0. The molecule has 0 unspecified atom stereocenters. The van der Waals surface area contributed by atoms with E-state index in [1.54, 1.807) is 0 Å². The van der Waals surface area contributed by atoms with Crippen molar-refractivity contribution in [3.8, 4) is 0 Å². The van der Waals surface area contributed by atoms with Gasteiger partial charge in [0.05, 0.1) is 5.75 Å². The number of alkyl halides is 3. The quantitative estimate of drug-likeness (QED) is 0.718. The molecule has 0 saturated carbocycles. The zero-order valence-electron chi connectivity index (χ0n) is 7.04. The third-order valence-corrected chi connectivity index (χ3v) is 3.15. The van der Waals surface area contributed by atoms with E-state index in [4.69, 9.17) is 5.11 Å². The lowest BCUT2D eigenvalue weighted by Crippen LogP contribution is -2.39. The van der Waals surface area contributed by atoms with Crippen molar-refractivity contribution < 1.29 is 26.7 Å². The number of sulfonamides is 1. The summed E-state index contributed by atoms with van der Waals surface area (Å²) in [5, 5.41) is 8.44. The van der Waals surface area contributed by atoms with E-state index in [2.05, 4.69) is 0 Å². The Morgan fingerprint density at radius 3 is 2.00 bits per heavy atom. The van der Waals surface area contributed by atoms with Crippen LogP contribution in [0.15, 0.2) is 0 Å². The van der Waals surface area contributed by atoms with Gasteiger partial charge in [0.15, 0.2) is 6.10 Å². The monoisotopic (exact) mass is 221 g/mol. The summed E-state index contributed by atoms with van der Waals surface area (Å²) in [7, 11) is -1.83. The van der Waals surface area contributed by atoms with Crippen LogP contribution in [0.5, 0.6) is 0 Å². The molecule has 0 aromatic rings. The van der Waals surface area contributed by atoms with Gasteiger partial charge in [-0.25, -0.2) is 12.7 Å². The molecule has 0 aliphatic carbocycles. The lowest BCUT2D eigenvalue weighted by Gasteiger charge is -2.17. The normalized spacial score (nSPS) is 16.2. The lowest BCUT2D eigenvalue weighted by molar-refractivity contribution is -0.196. The average Bonchev–Trinajstić information content (AvgIpc) is 1.83. The molecule has 0 fully saturated rings. The van der Waals surface area contributed by atoms with Crippen molar-refractivity contribution in [3.63, 3.8) is 0 Å². The summed E-state index contributed by atoms with van der Waals surface area (Å²) < 4.78 is 57.5. The van der Waals surface area contributed by atoms with Gasteiger partial charge in [-0.15, -0.1) is 0 Å². The van der Waals surface area contributed by atoms with Gasteiger partial charge in [-0.1, -0.05) is 0 Å². The Morgan fingerprint density at radius 2 is 1.77 bits per heavy atom. The Hall–Kier alpha value is -0.340. The highest BCUT2D eigenvalue weighted by atomic mass is 32.2. The van der Waals surface area contributed by atoms with Crippen LogP contribution in [0.3, 0.4) is 0 Å². The van der Waals surface area contributed by atoms with Crippen LogP contribution in [0.25, 0.3) is 0 Å². The maximum atomic E-state index is 11.7. The standard InChI is InChI=1S/C5H10F3NO3S/c1-9(2)13(11,12)3-4(10)5(6,7)8/h4,10H,3H2,1-2H3/t4-/m0/s1. The fourth-order valence-corrected chi connectivity index (χ4v) is 1.33. The molecule has 4 nitrogen and oxygen atoms in total. The maximum Gasteiger partial charge on any atom is 0.415 e. The summed E-state index contributed by atoms with van der Waals surface area (Å²) in [6, 6.07) is 0. The van der Waals surface area contributed by atoms with Gasteiger partial charge in [-0.05, 0) is 0 Å². The molecular formula is C5H10F3NO3S. The van der Waals surface area contributed by atoms with Crippen molar-refractivity contribution in [1.29, 1.82) is 0 Å². The number of hydrogen-bond donors (Lipinski definition) is 1. The van der Waals surface area contributed by atoms with Crippen LogP contribution in [0.4, 0.5) is 13.2 Å². The average molecular weight is 221 g/mol. The molecule has 0 spiro atoms. The van der Waals surface area contributed by atoms with Crippen molar-refractivity contribution >= 4 is 10.0 Å². The van der Waals surface area contributed by atoms with E-state index in [1.165, 1.54) is 0 Å². The molecular weight excluding hydrogens is 211 g/mol. The second-order valence-electron chi connectivity index (χ2n) is 2.62. The molecule has 0 aromatic heterocycles. The predicted octanol–water partition coefficient (Wildman–Crippen LogP) is -0.199. The summed E-state index contributed by atoms with van der Waals surface area (Å²) in [5.74, 6) is -1.34. The van der Waals surface area contributed by atoms with E-state index >= 15 is 0 Å². The fraction of sp³-hybridized carbons (Fsp3) is 1.00. The minimum absolute atomic E-state index is 0.627. The molecule has 0 aliphatic rings. The summed E-state index contributed by atoms with van der Waals surface area (Å²) in [6.07, 6.45) is -7.73. The van der Waals surface area contributed by atoms with E-state index in [-0.39, 0.29) is 0 Å². The summed E-state index contributed by atoms with van der Waals surface area (Å²) in [5.41, 5.74) is 0. The number of nitrogens with zero attached hydrogens (tertiary/aromatic N) is 1. The highest BCUT2D eigenvalue weighted by Gasteiger charge is 2.41. The van der Waals surface area contributed by atoms with E-state index in [1.807, 2.05) is 0 Å². The van der Waals surface area contributed by atoms with Crippen molar-refractivity contribution in [2.75, 3.05) is 19.8 Å². The first kappa shape index (κ1) is 12.7. The van der Waals surface area contributed by atoms with Crippen LogP contribution in [-0.4, -0.2) is 50.0 Å². The molecule has 1 atom stereocenters. The number of hydrogen-bond acceptors (Lipinski definition) is 3. The molecule has 0 radical (unpaired) electrons. The molecule has 13 heavy (non-hydrogen) atoms. The third kappa shape index (κ3) is 3.92. The summed E-state index contributed by atoms with van der Waals surface area (Å²) in [4.78, 5) is 0. The topological polar surface area (TPSA) is 57.6 Å². The summed E-state index contributed by atoms with van der Waals surface area (Å²) in [6.45, 7) is 0. The van der Waals surface area contributed by atoms with Gasteiger partial charge in [0.2, 0.25) is 10.0 Å². The Kier molecular flexibility index (Phi) is 3.71. The Bertz CT molecular complexity index is 259. The van der Waals surface area contributed by atoms with Crippen LogP contribution < -0.4 is 0 Å². The minimum Gasteiger partial charge on any atom is -0.383 e. The fourth-order valence-electron chi connectivity index (χ4n) is 0.443. The van der Waals surface area contributed by atoms with E-state index in [0.29, 0.717) is 4.31 Å². The molecule has 1 N–H and O–H groups in total. The van der Waals surface area contributed by atoms with Crippen molar-refractivity contribution in [3.05, 3.63) is 0 Å². The highest BCUT2D eigenvalue weighted by Crippen LogP contribution is 2.21. The van der Waals surface area contributed by atoms with Gasteiger partial charge < -0.3 is 5.11 Å². The Labute approximate surface area is 74.0 Å². The predicted molar refractivity (Wildman–Crippen MR) is 39.5 cm³/mol. The Morgan fingerprint density at radius 1 is 1.38 bits per heavy atom. The molecule has 0 aromatic carbocycles. The van der Waals surface area contributed by atoms with Gasteiger partial charge in [0, 0.05) is 14.1 Å². The highest BCUT2D eigenvalue weighted by molar-refractivity contribution is 7.89. The lowest BCUT2D eigenvalue weighted by atomic mass is 10.4. The van der Waals surface area contributed by atoms with E-state index < -0.39 is 28.1 Å². The molecule has 0 heterocycles. The van der Waals surface area contributed by atoms with E-state index in [0.717, 1.165) is 14.1 Å². The van der Waals surface area contributed by atoms with Crippen LogP contribution in [0.1, 0.15) is 0 Å². The van der Waals surface area contributed by atoms with Gasteiger partial charge in [0.1, 0.15) is 0 Å². The zero-order chi connectivity index (χ0) is 10.9. The van der Waals surface area contributed by atoms with Gasteiger partial charge >= 0.3 is 6.18 Å². The first-order valence-electron chi connectivity index (χ1n) is 3.22. The second-order valence-corrected chi connectivity index (χ2v) is 4.85. The molecule has 80 valence electrons. The van der Waals surface area contributed by atoms with Crippen LogP contribution in [-0.2, 0) is 10.0 Å². The molecule has 0 amide bonds. The van der Waals surface area contributed by atoms with Crippen molar-refractivity contribution in [2.24, 2.45) is 0 Å². The molecule has 0 saturated heterocycles. The van der Waals surface area contributed by atoms with Gasteiger partial charge in [-0.2, -0.15) is 13.2 Å². The molecule has 0 rings (SSSR count). The molecule has 8 heteroatoms. The van der Waals surface area contributed by atoms with E-state index in [9.17, 15) is 21.6 Å². The van der Waals surface area contributed by atoms with Gasteiger partial charge in [0.25, 0.3) is 0 Å². The second kappa shape index (κ2) is 3.81. The maximum absolute atomic E-state index is 11.7. The molecule has 0 bridgehead atoms. The van der Waals surface area contributed by atoms with Crippen LogP contribution >= 0.6 is 0 Å². The number of aliphatic hydroxyl groups excluding tert-OH is 1. The molecule has 0 aliphatic heterocycles. The van der Waals surface area contributed by atoms with Crippen LogP contribution in [0.2, 0.25) is 0 Å². The third-order valence-electron chi connectivity index (χ3n) is 1.30. The van der Waals surface area contributed by atoms with Gasteiger partial charge in [-0.3, -0.25) is 0 Å². The van der Waals surface area contributed by atoms with Crippen molar-refractivity contribution in [1.82, 2.24) is 4.31 Å². The minimum atomic E-state index is -4.90. The Balaban J connectivity index is 4.48. The first-order chi connectivity index (χ1) is 5.57.